The summed E-state index contributed by atoms with van der Waals surface area (Å²) in [5, 5.41) is 7.81. The lowest BCUT2D eigenvalue weighted by atomic mass is 10.1. The van der Waals surface area contributed by atoms with Crippen LogP contribution in [0.25, 0.3) is 0 Å². The molecule has 0 heterocycles. The molecule has 0 aliphatic rings. The predicted molar refractivity (Wildman–Crippen MR) is 71.3 cm³/mol. The molecule has 18 heavy (non-hydrogen) atoms. The molecule has 5 heteroatoms. The van der Waals surface area contributed by atoms with Gasteiger partial charge in [-0.1, -0.05) is 10.3 Å². The van der Waals surface area contributed by atoms with Gasteiger partial charge in [-0.25, -0.2) is 0 Å². The Balaban J connectivity index is 3.00. The van der Waals surface area contributed by atoms with Crippen molar-refractivity contribution in [1.82, 2.24) is 0 Å². The van der Waals surface area contributed by atoms with Gasteiger partial charge >= 0.3 is 0 Å². The second kappa shape index (κ2) is 7.32. The number of hydrogen-bond acceptors (Lipinski definition) is 5. The van der Waals surface area contributed by atoms with E-state index in [4.69, 9.17) is 14.4 Å². The van der Waals surface area contributed by atoms with Crippen LogP contribution in [-0.4, -0.2) is 32.2 Å². The molecule has 0 aliphatic carbocycles. The Kier molecular flexibility index (Phi) is 5.70. The van der Waals surface area contributed by atoms with E-state index in [1.54, 1.807) is 6.92 Å². The summed E-state index contributed by atoms with van der Waals surface area (Å²) < 4.78 is 5.38. The van der Waals surface area contributed by atoms with Crippen LogP contribution in [0.15, 0.2) is 34.6 Å². The van der Waals surface area contributed by atoms with Crippen LogP contribution < -0.4 is 4.74 Å². The zero-order chi connectivity index (χ0) is 13.4. The summed E-state index contributed by atoms with van der Waals surface area (Å²) in [4.78, 5) is 9.57. The highest BCUT2D eigenvalue weighted by Crippen LogP contribution is 2.13. The van der Waals surface area contributed by atoms with Crippen molar-refractivity contribution < 1.29 is 14.4 Å². The van der Waals surface area contributed by atoms with Crippen molar-refractivity contribution in [2.45, 2.75) is 13.8 Å². The molecule has 1 aromatic rings. The van der Waals surface area contributed by atoms with Crippen LogP contribution in [-0.2, 0) is 9.68 Å². The Hall–Kier alpha value is -2.04. The molecule has 1 rings (SSSR count). The summed E-state index contributed by atoms with van der Waals surface area (Å²) in [5.41, 5.74) is 2.16. The molecule has 0 aliphatic heterocycles. The summed E-state index contributed by atoms with van der Waals surface area (Å²) in [6.45, 7) is 4.39. The number of ether oxygens (including phenoxy) is 1. The predicted octanol–water partition coefficient (Wildman–Crippen LogP) is 2.46. The molecule has 0 saturated carbocycles. The third-order valence-electron chi connectivity index (χ3n) is 2.19. The van der Waals surface area contributed by atoms with Gasteiger partial charge in [0.05, 0.1) is 6.61 Å². The lowest BCUT2D eigenvalue weighted by molar-refractivity contribution is 0.210. The summed E-state index contributed by atoms with van der Waals surface area (Å²) >= 11 is 0. The van der Waals surface area contributed by atoms with Crippen molar-refractivity contribution in [3.63, 3.8) is 0 Å². The van der Waals surface area contributed by atoms with Crippen molar-refractivity contribution in [1.29, 1.82) is 0 Å². The van der Waals surface area contributed by atoms with E-state index in [0.29, 0.717) is 18.0 Å². The monoisotopic (exact) mass is 250 g/mol. The normalized spacial score (nSPS) is 12.2. The molecule has 0 spiro atoms. The number of nitrogens with zero attached hydrogens (tertiary/aromatic N) is 2. The van der Waals surface area contributed by atoms with Crippen LogP contribution in [0.5, 0.6) is 5.75 Å². The van der Waals surface area contributed by atoms with Crippen LogP contribution in [0.2, 0.25) is 0 Å². The van der Waals surface area contributed by atoms with Gasteiger partial charge in [-0.2, -0.15) is 0 Å². The molecule has 0 radical (unpaired) electrons. The molecule has 0 atom stereocenters. The highest BCUT2D eigenvalue weighted by atomic mass is 16.6. The van der Waals surface area contributed by atoms with Gasteiger partial charge < -0.3 is 14.4 Å². The summed E-state index contributed by atoms with van der Waals surface area (Å²) in [6.07, 6.45) is 0. The minimum absolute atomic E-state index is 0.627. The topological polar surface area (TPSA) is 52.4 Å². The van der Waals surface area contributed by atoms with Gasteiger partial charge in [0, 0.05) is 5.56 Å². The maximum atomic E-state index is 5.38. The van der Waals surface area contributed by atoms with Crippen molar-refractivity contribution >= 4 is 11.4 Å². The van der Waals surface area contributed by atoms with Crippen LogP contribution in [0.1, 0.15) is 19.4 Å². The van der Waals surface area contributed by atoms with Gasteiger partial charge in [-0.15, -0.1) is 0 Å². The molecule has 5 nitrogen and oxygen atoms in total. The van der Waals surface area contributed by atoms with Gasteiger partial charge in [0.2, 0.25) is 0 Å². The zero-order valence-electron chi connectivity index (χ0n) is 11.1. The van der Waals surface area contributed by atoms with E-state index in [1.807, 2.05) is 31.2 Å². The molecule has 0 N–H and O–H groups in total. The Morgan fingerprint density at radius 3 is 2.17 bits per heavy atom. The van der Waals surface area contributed by atoms with E-state index in [2.05, 4.69) is 10.3 Å². The maximum Gasteiger partial charge on any atom is 0.134 e. The summed E-state index contributed by atoms with van der Waals surface area (Å²) in [6, 6.07) is 7.56. The van der Waals surface area contributed by atoms with Crippen LogP contribution in [0, 0.1) is 0 Å². The van der Waals surface area contributed by atoms with Gasteiger partial charge in [0.25, 0.3) is 0 Å². The summed E-state index contributed by atoms with van der Waals surface area (Å²) in [7, 11) is 2.99. The SMILES string of the molecule is CCOc1ccc(C(=N/OC)/C(C)=N/OC)cc1. The molecule has 0 bridgehead atoms. The van der Waals surface area contributed by atoms with E-state index in [-0.39, 0.29) is 0 Å². The molecule has 0 fully saturated rings. The Labute approximate surface area is 107 Å². The molecular weight excluding hydrogens is 232 g/mol. The fourth-order valence-electron chi connectivity index (χ4n) is 1.47. The Morgan fingerprint density at radius 1 is 1.06 bits per heavy atom. The van der Waals surface area contributed by atoms with Crippen molar-refractivity contribution in [2.75, 3.05) is 20.8 Å². The first-order valence-corrected chi connectivity index (χ1v) is 5.65. The maximum absolute atomic E-state index is 5.38. The first-order valence-electron chi connectivity index (χ1n) is 5.65. The second-order valence-electron chi connectivity index (χ2n) is 3.44. The van der Waals surface area contributed by atoms with Crippen molar-refractivity contribution in [3.05, 3.63) is 29.8 Å². The van der Waals surface area contributed by atoms with E-state index < -0.39 is 0 Å². The van der Waals surface area contributed by atoms with E-state index in [9.17, 15) is 0 Å². The van der Waals surface area contributed by atoms with Crippen LogP contribution in [0.4, 0.5) is 0 Å². The molecule has 0 unspecified atom stereocenters. The van der Waals surface area contributed by atoms with Crippen molar-refractivity contribution in [2.24, 2.45) is 10.3 Å². The number of benzene rings is 1. The highest BCUT2D eigenvalue weighted by Gasteiger charge is 2.09. The Morgan fingerprint density at radius 2 is 1.67 bits per heavy atom. The average Bonchev–Trinajstić information content (AvgIpc) is 2.38. The highest BCUT2D eigenvalue weighted by molar-refractivity contribution is 6.47. The van der Waals surface area contributed by atoms with Gasteiger partial charge in [-0.3, -0.25) is 0 Å². The molecule has 0 amide bonds. The smallest absolute Gasteiger partial charge is 0.134 e. The standard InChI is InChI=1S/C13H18N2O3/c1-5-18-12-8-6-11(7-9-12)13(15-17-4)10(2)14-16-3/h6-9H,5H2,1-4H3/b14-10+,15-13+. The van der Waals surface area contributed by atoms with E-state index in [1.165, 1.54) is 14.2 Å². The molecule has 98 valence electrons. The molecular formula is C13H18N2O3. The number of hydrogen-bond donors (Lipinski definition) is 0. The van der Waals surface area contributed by atoms with Crippen molar-refractivity contribution in [3.8, 4) is 5.75 Å². The minimum atomic E-state index is 0.627. The summed E-state index contributed by atoms with van der Waals surface area (Å²) in [5.74, 6) is 0.819. The van der Waals surface area contributed by atoms with Gasteiger partial charge in [0.1, 0.15) is 31.4 Å². The number of oxime groups is 2. The first kappa shape index (κ1) is 14.0. The molecule has 0 saturated heterocycles. The van der Waals surface area contributed by atoms with E-state index >= 15 is 0 Å². The lowest BCUT2D eigenvalue weighted by Gasteiger charge is -2.07. The average molecular weight is 250 g/mol. The van der Waals surface area contributed by atoms with Gasteiger partial charge in [0.15, 0.2) is 0 Å². The van der Waals surface area contributed by atoms with Crippen LogP contribution in [0.3, 0.4) is 0 Å². The lowest BCUT2D eigenvalue weighted by Crippen LogP contribution is -2.13. The van der Waals surface area contributed by atoms with E-state index in [0.717, 1.165) is 11.3 Å². The Bertz CT molecular complexity index is 424. The molecule has 1 aromatic carbocycles. The molecule has 0 aromatic heterocycles. The van der Waals surface area contributed by atoms with Gasteiger partial charge in [-0.05, 0) is 38.1 Å². The number of rotatable bonds is 6. The largest absolute Gasteiger partial charge is 0.494 e. The third-order valence-corrected chi connectivity index (χ3v) is 2.19. The minimum Gasteiger partial charge on any atom is -0.494 e. The van der Waals surface area contributed by atoms with Crippen LogP contribution >= 0.6 is 0 Å². The first-order chi connectivity index (χ1) is 8.72. The third kappa shape index (κ3) is 3.76. The fourth-order valence-corrected chi connectivity index (χ4v) is 1.47. The second-order valence-corrected chi connectivity index (χ2v) is 3.44. The zero-order valence-corrected chi connectivity index (χ0v) is 11.1. The fraction of sp³-hybridized carbons (Fsp3) is 0.385. The quantitative estimate of drug-likeness (QED) is 0.575.